The quantitative estimate of drug-likeness (QED) is 0.755. The maximum atomic E-state index is 12.6. The third-order valence-electron chi connectivity index (χ3n) is 3.65. The zero-order chi connectivity index (χ0) is 18.2. The maximum absolute atomic E-state index is 12.6. The number of hydrogen-bond acceptors (Lipinski definition) is 5. The molecule has 11 heteroatoms. The zero-order valence-electron chi connectivity index (χ0n) is 12.4. The van der Waals surface area contributed by atoms with Crippen LogP contribution in [0.2, 0.25) is 4.34 Å². The summed E-state index contributed by atoms with van der Waals surface area (Å²) in [7, 11) is 0. The van der Waals surface area contributed by atoms with E-state index in [1.165, 1.54) is 11.3 Å². The Kier molecular flexibility index (Phi) is 5.03. The lowest BCUT2D eigenvalue weighted by molar-refractivity contribution is -0.170. The highest BCUT2D eigenvalue weighted by Crippen LogP contribution is 2.33. The molecule has 1 aliphatic heterocycles. The van der Waals surface area contributed by atoms with Crippen molar-refractivity contribution in [2.75, 3.05) is 5.32 Å². The van der Waals surface area contributed by atoms with E-state index in [1.807, 2.05) is 5.32 Å². The molecule has 3 rings (SSSR count). The van der Waals surface area contributed by atoms with Crippen LogP contribution >= 0.6 is 34.3 Å². The first-order chi connectivity index (χ1) is 11.7. The Balaban J connectivity index is 1.63. The Bertz CT molecular complexity index is 805. The Labute approximate surface area is 153 Å². The number of rotatable bonds is 3. The molecule has 134 valence electrons. The van der Waals surface area contributed by atoms with Crippen molar-refractivity contribution in [2.24, 2.45) is 5.92 Å². The number of halogens is 4. The number of anilines is 1. The second kappa shape index (κ2) is 6.93. The van der Waals surface area contributed by atoms with E-state index in [1.54, 1.807) is 17.5 Å². The molecule has 2 amide bonds. The largest absolute Gasteiger partial charge is 0.408 e. The minimum atomic E-state index is -4.51. The number of thiophene rings is 1. The highest BCUT2D eigenvalue weighted by atomic mass is 35.5. The number of nitrogens with zero attached hydrogens (tertiary/aromatic N) is 1. The highest BCUT2D eigenvalue weighted by Gasteiger charge is 2.45. The van der Waals surface area contributed by atoms with Crippen LogP contribution in [0.1, 0.15) is 12.8 Å². The van der Waals surface area contributed by atoms with Gasteiger partial charge in [-0.25, -0.2) is 4.98 Å². The molecular formula is C14H11ClF3N3O2S2. The van der Waals surface area contributed by atoms with Gasteiger partial charge in [-0.05, 0) is 25.0 Å². The van der Waals surface area contributed by atoms with E-state index in [-0.39, 0.29) is 18.0 Å². The maximum Gasteiger partial charge on any atom is 0.408 e. The molecule has 2 unspecified atom stereocenters. The summed E-state index contributed by atoms with van der Waals surface area (Å²) in [4.78, 5) is 29.0. The van der Waals surface area contributed by atoms with E-state index in [0.717, 1.165) is 16.2 Å². The molecule has 5 nitrogen and oxygen atoms in total. The monoisotopic (exact) mass is 409 g/mol. The van der Waals surface area contributed by atoms with Gasteiger partial charge in [-0.2, -0.15) is 13.2 Å². The van der Waals surface area contributed by atoms with Crippen LogP contribution in [0.4, 0.5) is 18.3 Å². The van der Waals surface area contributed by atoms with Crippen LogP contribution in [-0.2, 0) is 9.59 Å². The Morgan fingerprint density at radius 3 is 2.72 bits per heavy atom. The van der Waals surface area contributed by atoms with Crippen LogP contribution in [0.25, 0.3) is 10.6 Å². The topological polar surface area (TPSA) is 71.1 Å². The molecule has 25 heavy (non-hydrogen) atoms. The normalized spacial score (nSPS) is 21.0. The number of nitrogens with one attached hydrogen (secondary N) is 2. The van der Waals surface area contributed by atoms with E-state index in [2.05, 4.69) is 10.3 Å². The number of aromatic nitrogens is 1. The molecule has 0 saturated carbocycles. The third-order valence-corrected chi connectivity index (χ3v) is 5.66. The van der Waals surface area contributed by atoms with Crippen molar-refractivity contribution in [1.29, 1.82) is 0 Å². The molecule has 3 heterocycles. The molecule has 2 aromatic rings. The highest BCUT2D eigenvalue weighted by molar-refractivity contribution is 7.20. The van der Waals surface area contributed by atoms with Gasteiger partial charge >= 0.3 is 6.18 Å². The Hall–Kier alpha value is -1.65. The summed E-state index contributed by atoms with van der Waals surface area (Å²) in [6.07, 6.45) is -5.01. The van der Waals surface area contributed by atoms with Gasteiger partial charge in [0.15, 0.2) is 5.13 Å². The number of thiazole rings is 1. The number of alkyl halides is 3. The van der Waals surface area contributed by atoms with Gasteiger partial charge in [-0.1, -0.05) is 11.6 Å². The van der Waals surface area contributed by atoms with Crippen LogP contribution < -0.4 is 10.6 Å². The van der Waals surface area contributed by atoms with Crippen LogP contribution in [0.5, 0.6) is 0 Å². The molecule has 2 atom stereocenters. The molecule has 1 fully saturated rings. The predicted octanol–water partition coefficient (Wildman–Crippen LogP) is 3.92. The van der Waals surface area contributed by atoms with Crippen LogP contribution in [0.3, 0.4) is 0 Å². The molecule has 2 aromatic heterocycles. The fourth-order valence-electron chi connectivity index (χ4n) is 2.39. The van der Waals surface area contributed by atoms with Crippen molar-refractivity contribution < 1.29 is 22.8 Å². The van der Waals surface area contributed by atoms with Crippen LogP contribution in [0, 0.1) is 5.92 Å². The first-order valence-corrected chi connectivity index (χ1v) is 9.20. The first kappa shape index (κ1) is 18.2. The molecule has 2 N–H and O–H groups in total. The molecule has 0 aliphatic carbocycles. The lowest BCUT2D eigenvalue weighted by atomic mass is 9.93. The average Bonchev–Trinajstić information content (AvgIpc) is 3.15. The van der Waals surface area contributed by atoms with Crippen molar-refractivity contribution in [3.63, 3.8) is 0 Å². The number of carbonyl (C=O) groups is 2. The van der Waals surface area contributed by atoms with E-state index in [4.69, 9.17) is 11.6 Å². The summed E-state index contributed by atoms with van der Waals surface area (Å²) in [5.74, 6) is -2.75. The van der Waals surface area contributed by atoms with Crippen molar-refractivity contribution in [1.82, 2.24) is 10.3 Å². The van der Waals surface area contributed by atoms with Crippen molar-refractivity contribution in [2.45, 2.75) is 25.1 Å². The molecule has 1 aliphatic rings. The summed E-state index contributed by atoms with van der Waals surface area (Å²) in [5.41, 5.74) is 0.627. The van der Waals surface area contributed by atoms with E-state index in [9.17, 15) is 22.8 Å². The molecule has 0 spiro atoms. The van der Waals surface area contributed by atoms with Crippen LogP contribution in [0.15, 0.2) is 17.5 Å². The first-order valence-electron chi connectivity index (χ1n) is 7.13. The second-order valence-corrected chi connectivity index (χ2v) is 7.94. The summed E-state index contributed by atoms with van der Waals surface area (Å²) in [6, 6.07) is 1.61. The van der Waals surface area contributed by atoms with Gasteiger partial charge in [0.05, 0.1) is 14.9 Å². The fraction of sp³-hybridized carbons (Fsp3) is 0.357. The number of piperidine rings is 1. The molecule has 0 bridgehead atoms. The average molecular weight is 410 g/mol. The van der Waals surface area contributed by atoms with E-state index in [0.29, 0.717) is 10.0 Å². The van der Waals surface area contributed by atoms with Gasteiger partial charge in [-0.3, -0.25) is 9.59 Å². The number of hydrogen-bond donors (Lipinski definition) is 2. The smallest absolute Gasteiger partial charge is 0.344 e. The van der Waals surface area contributed by atoms with Crippen molar-refractivity contribution in [3.05, 3.63) is 21.8 Å². The molecule has 0 radical (unpaired) electrons. The number of amides is 2. The SMILES string of the molecule is O=C(Nc1nc(-c2ccc(Cl)s2)cs1)C1CCC(C(F)(F)F)NC1=O. The van der Waals surface area contributed by atoms with Crippen molar-refractivity contribution in [3.8, 4) is 10.6 Å². The fourth-order valence-corrected chi connectivity index (χ4v) is 4.19. The third kappa shape index (κ3) is 4.13. The minimum Gasteiger partial charge on any atom is -0.344 e. The van der Waals surface area contributed by atoms with Gasteiger partial charge in [0.1, 0.15) is 12.0 Å². The van der Waals surface area contributed by atoms with E-state index < -0.39 is 30.0 Å². The minimum absolute atomic E-state index is 0.166. The van der Waals surface area contributed by atoms with Gasteiger partial charge in [0, 0.05) is 5.38 Å². The van der Waals surface area contributed by atoms with Gasteiger partial charge < -0.3 is 10.6 Å². The Morgan fingerprint density at radius 2 is 2.12 bits per heavy atom. The molecule has 0 aromatic carbocycles. The summed E-state index contributed by atoms with van der Waals surface area (Å²) < 4.78 is 38.5. The van der Waals surface area contributed by atoms with Crippen LogP contribution in [-0.4, -0.2) is 29.0 Å². The summed E-state index contributed by atoms with van der Waals surface area (Å²) in [5, 5.41) is 6.34. The molecular weight excluding hydrogens is 399 g/mol. The van der Waals surface area contributed by atoms with Gasteiger partial charge in [0.2, 0.25) is 11.8 Å². The summed E-state index contributed by atoms with van der Waals surface area (Å²) >= 11 is 8.35. The van der Waals surface area contributed by atoms with Gasteiger partial charge in [0.25, 0.3) is 0 Å². The van der Waals surface area contributed by atoms with Gasteiger partial charge in [-0.15, -0.1) is 22.7 Å². The lowest BCUT2D eigenvalue weighted by Crippen LogP contribution is -2.53. The van der Waals surface area contributed by atoms with E-state index >= 15 is 0 Å². The standard InChI is InChI=1S/C14H11ClF3N3O2S2/c15-10-4-2-8(25-10)7-5-24-13(19-7)21-12(23)6-1-3-9(14(16,17)18)20-11(6)22/h2,4-6,9H,1,3H2,(H,20,22)(H,19,21,23). The molecule has 1 saturated heterocycles. The predicted molar refractivity (Wildman–Crippen MR) is 89.8 cm³/mol. The summed E-state index contributed by atoms with van der Waals surface area (Å²) in [6.45, 7) is 0. The van der Waals surface area contributed by atoms with Crippen molar-refractivity contribution >= 4 is 51.2 Å². The second-order valence-electron chi connectivity index (χ2n) is 5.36. The zero-order valence-corrected chi connectivity index (χ0v) is 14.8. The lowest BCUT2D eigenvalue weighted by Gasteiger charge is -2.29. The Morgan fingerprint density at radius 1 is 1.36 bits per heavy atom. The number of carbonyl (C=O) groups excluding carboxylic acids is 2.